The van der Waals surface area contributed by atoms with Crippen LogP contribution >= 0.6 is 22.6 Å². The summed E-state index contributed by atoms with van der Waals surface area (Å²) >= 11 is 1.66. The van der Waals surface area contributed by atoms with Crippen molar-refractivity contribution in [3.8, 4) is 18.2 Å². The molecule has 2 aromatic carbocycles. The third kappa shape index (κ3) is 4.87. The maximum Gasteiger partial charge on any atom is 0.309 e. The predicted octanol–water partition coefficient (Wildman–Crippen LogP) is 3.63. The highest BCUT2D eigenvalue weighted by Crippen LogP contribution is 2.51. The lowest BCUT2D eigenvalue weighted by Gasteiger charge is -2.41. The molecule has 0 saturated heterocycles. The number of nitro benzene ring substituents is 2. The van der Waals surface area contributed by atoms with E-state index in [1.165, 1.54) is 19.1 Å². The Bertz CT molecular complexity index is 1560. The first-order chi connectivity index (χ1) is 18.7. The predicted molar refractivity (Wildman–Crippen MR) is 146 cm³/mol. The number of allylic oxidation sites excluding steroid dienone is 2. The van der Waals surface area contributed by atoms with Crippen LogP contribution in [0.5, 0.6) is 0 Å². The number of benzene rings is 2. The van der Waals surface area contributed by atoms with Gasteiger partial charge in [-0.25, -0.2) is 0 Å². The van der Waals surface area contributed by atoms with Crippen LogP contribution in [0.25, 0.3) is 0 Å². The van der Waals surface area contributed by atoms with Gasteiger partial charge in [0.25, 0.3) is 11.4 Å². The molecule has 0 aromatic heterocycles. The summed E-state index contributed by atoms with van der Waals surface area (Å²) in [5, 5.41) is 77.1. The van der Waals surface area contributed by atoms with Crippen molar-refractivity contribution in [1.82, 2.24) is 0 Å². The van der Waals surface area contributed by atoms with Crippen LogP contribution in [0.1, 0.15) is 35.6 Å². The first-order valence-electron chi connectivity index (χ1n) is 11.2. The fourth-order valence-corrected chi connectivity index (χ4v) is 6.05. The van der Waals surface area contributed by atoms with E-state index in [0.717, 1.165) is 42.5 Å². The van der Waals surface area contributed by atoms with E-state index in [2.05, 4.69) is 0 Å². The van der Waals surface area contributed by atoms with Gasteiger partial charge in [0.15, 0.2) is 0 Å². The summed E-state index contributed by atoms with van der Waals surface area (Å²) in [5.41, 5.74) is -1.45. The Morgan fingerprint density at radius 3 is 1.82 bits per heavy atom. The van der Waals surface area contributed by atoms with E-state index in [-0.39, 0.29) is 16.7 Å². The molecule has 0 amide bonds. The Labute approximate surface area is 239 Å². The second-order valence-electron chi connectivity index (χ2n) is 9.06. The number of hydrogen-bond donors (Lipinski definition) is 2. The van der Waals surface area contributed by atoms with E-state index in [1.807, 2.05) is 6.07 Å². The van der Waals surface area contributed by atoms with Gasteiger partial charge in [-0.15, -0.1) is 0 Å². The molecule has 0 bridgehead atoms. The number of alkyl halides is 1. The highest BCUT2D eigenvalue weighted by molar-refractivity contribution is 14.1. The van der Waals surface area contributed by atoms with Gasteiger partial charge in [-0.05, 0) is 48.8 Å². The van der Waals surface area contributed by atoms with Crippen molar-refractivity contribution in [3.05, 3.63) is 113 Å². The summed E-state index contributed by atoms with van der Waals surface area (Å²) < 4.78 is -1.73. The van der Waals surface area contributed by atoms with E-state index < -0.39 is 64.3 Å². The summed E-state index contributed by atoms with van der Waals surface area (Å²) in [4.78, 5) is 33.7. The van der Waals surface area contributed by atoms with Gasteiger partial charge in [-0.3, -0.25) is 36.1 Å². The highest BCUT2D eigenvalue weighted by atomic mass is 127. The lowest BCUT2D eigenvalue weighted by molar-refractivity contribution is -0.557. The molecule has 1 aliphatic rings. The van der Waals surface area contributed by atoms with Gasteiger partial charge in [0.05, 0.1) is 50.3 Å². The van der Waals surface area contributed by atoms with E-state index in [4.69, 9.17) is 5.73 Å². The summed E-state index contributed by atoms with van der Waals surface area (Å²) in [7, 11) is 0. The third-order valence-corrected chi connectivity index (χ3v) is 8.40. The molecule has 0 aliphatic heterocycles. The highest BCUT2D eigenvalue weighted by Gasteiger charge is 2.59. The number of nitriles is 3. The number of aliphatic hydroxyl groups is 1. The SMILES string of the molecule is CC(CC1(I)C=C(C#N)C=CC1(N)[N+](=O)[O-])C(O)(c1cc(C#N)ccc1[N+](=O)[O-])c1cc(C#N)ccc1[N+](=O)[O-]. The summed E-state index contributed by atoms with van der Waals surface area (Å²) in [6.07, 6.45) is 2.97. The van der Waals surface area contributed by atoms with Crippen LogP contribution in [0, 0.1) is 70.3 Å². The zero-order valence-corrected chi connectivity index (χ0v) is 22.7. The maximum atomic E-state index is 12.5. The number of hydrogen-bond acceptors (Lipinski definition) is 11. The molecule has 202 valence electrons. The van der Waals surface area contributed by atoms with E-state index in [9.17, 15) is 51.2 Å². The van der Waals surface area contributed by atoms with Gasteiger partial charge >= 0.3 is 5.66 Å². The second-order valence-corrected chi connectivity index (χ2v) is 11.0. The lowest BCUT2D eigenvalue weighted by Crippen LogP contribution is -2.62. The minimum Gasteiger partial charge on any atom is -0.380 e. The van der Waals surface area contributed by atoms with Gasteiger partial charge < -0.3 is 5.11 Å². The summed E-state index contributed by atoms with van der Waals surface area (Å²) in [6.45, 7) is 1.34. The molecule has 1 aliphatic carbocycles. The van der Waals surface area contributed by atoms with Crippen LogP contribution in [0.2, 0.25) is 0 Å². The van der Waals surface area contributed by atoms with Crippen LogP contribution in [0.4, 0.5) is 11.4 Å². The smallest absolute Gasteiger partial charge is 0.309 e. The Kier molecular flexibility index (Phi) is 8.03. The standard InChI is InChI=1S/C25H18IN7O7/c1-15(10-23(26)11-18(14-29)6-7-24(23,30)33(39)40)25(34,19-8-16(12-27)2-4-21(19)31(35)36)20-9-17(13-28)3-5-22(20)32(37)38/h2-9,11,15,34H,10,30H2,1H3. The Hall–Kier alpha value is -4.76. The molecule has 40 heavy (non-hydrogen) atoms. The van der Waals surface area contributed by atoms with Gasteiger partial charge in [0.1, 0.15) is 9.02 Å². The number of nitrogens with zero attached hydrogens (tertiary/aromatic N) is 6. The average Bonchev–Trinajstić information content (AvgIpc) is 2.92. The molecule has 3 rings (SSSR count). The van der Waals surface area contributed by atoms with Crippen LogP contribution in [0.3, 0.4) is 0 Å². The van der Waals surface area contributed by atoms with Crippen molar-refractivity contribution >= 4 is 34.0 Å². The topological polar surface area (TPSA) is 247 Å². The van der Waals surface area contributed by atoms with Crippen LogP contribution in [-0.2, 0) is 5.60 Å². The van der Waals surface area contributed by atoms with Crippen molar-refractivity contribution < 1.29 is 19.9 Å². The lowest BCUT2D eigenvalue weighted by atomic mass is 9.69. The van der Waals surface area contributed by atoms with Gasteiger partial charge in [0.2, 0.25) is 0 Å². The monoisotopic (exact) mass is 655 g/mol. The summed E-state index contributed by atoms with van der Waals surface area (Å²) in [5.74, 6) is -1.34. The minimum absolute atomic E-state index is 0.0166. The Morgan fingerprint density at radius 1 is 0.975 bits per heavy atom. The van der Waals surface area contributed by atoms with Crippen molar-refractivity contribution in [1.29, 1.82) is 15.8 Å². The molecule has 14 nitrogen and oxygen atoms in total. The van der Waals surface area contributed by atoms with Crippen LogP contribution < -0.4 is 5.73 Å². The first-order valence-corrected chi connectivity index (χ1v) is 12.3. The normalized spacial score (nSPS) is 20.8. The van der Waals surface area contributed by atoms with Gasteiger partial charge in [-0.1, -0.05) is 29.5 Å². The zero-order chi connectivity index (χ0) is 30.0. The molecule has 2 aromatic rings. The van der Waals surface area contributed by atoms with Crippen molar-refractivity contribution in [2.75, 3.05) is 0 Å². The van der Waals surface area contributed by atoms with E-state index in [0.29, 0.717) is 0 Å². The largest absolute Gasteiger partial charge is 0.380 e. The van der Waals surface area contributed by atoms with E-state index >= 15 is 0 Å². The molecule has 3 atom stereocenters. The molecular formula is C25H18IN7O7. The van der Waals surface area contributed by atoms with Crippen molar-refractivity contribution in [2.24, 2.45) is 11.7 Å². The first kappa shape index (κ1) is 29.8. The minimum atomic E-state index is -2.66. The molecular weight excluding hydrogens is 637 g/mol. The fraction of sp³-hybridized carbons (Fsp3) is 0.240. The van der Waals surface area contributed by atoms with Gasteiger partial charge in [0, 0.05) is 28.7 Å². The fourth-order valence-electron chi connectivity index (χ4n) is 4.68. The van der Waals surface area contributed by atoms with Crippen LogP contribution in [0.15, 0.2) is 60.2 Å². The van der Waals surface area contributed by atoms with E-state index in [1.54, 1.807) is 34.7 Å². The Morgan fingerprint density at radius 2 is 1.45 bits per heavy atom. The number of halogens is 1. The summed E-state index contributed by atoms with van der Waals surface area (Å²) in [6, 6.07) is 11.6. The maximum absolute atomic E-state index is 12.5. The quantitative estimate of drug-likeness (QED) is 0.137. The average molecular weight is 655 g/mol. The number of nitrogens with two attached hydrogens (primary N) is 1. The molecule has 0 fully saturated rings. The molecule has 0 saturated carbocycles. The zero-order valence-electron chi connectivity index (χ0n) is 20.5. The molecule has 0 spiro atoms. The molecule has 3 N–H and O–H groups in total. The van der Waals surface area contributed by atoms with Gasteiger partial charge in [-0.2, -0.15) is 15.8 Å². The van der Waals surface area contributed by atoms with Crippen molar-refractivity contribution in [2.45, 2.75) is 28.0 Å². The number of nitro groups is 3. The van der Waals surface area contributed by atoms with Crippen LogP contribution in [-0.4, -0.2) is 29.0 Å². The van der Waals surface area contributed by atoms with Crippen molar-refractivity contribution in [3.63, 3.8) is 0 Å². The number of rotatable bonds is 8. The second kappa shape index (κ2) is 10.8. The molecule has 15 heteroatoms. The molecule has 0 heterocycles. The third-order valence-electron chi connectivity index (χ3n) is 6.78. The molecule has 0 radical (unpaired) electrons. The molecule has 3 unspecified atom stereocenters. The Balaban J connectivity index is 2.44.